The first-order chi connectivity index (χ1) is 8.97. The van der Waals surface area contributed by atoms with Gasteiger partial charge in [0.25, 0.3) is 5.91 Å². The van der Waals surface area contributed by atoms with Gasteiger partial charge in [-0.2, -0.15) is 5.10 Å². The number of hydrogen-bond donors (Lipinski definition) is 2. The van der Waals surface area contributed by atoms with E-state index in [9.17, 15) is 4.79 Å². The molecule has 2 rings (SSSR count). The molecule has 5 nitrogen and oxygen atoms in total. The van der Waals surface area contributed by atoms with Crippen LogP contribution >= 0.6 is 11.3 Å². The minimum Gasteiger partial charge on any atom is -0.350 e. The number of H-pyrrole nitrogens is 1. The molecule has 0 spiro atoms. The van der Waals surface area contributed by atoms with Crippen LogP contribution in [0.15, 0.2) is 6.07 Å². The zero-order chi connectivity index (χ0) is 14.0. The predicted molar refractivity (Wildman–Crippen MR) is 76.3 cm³/mol. The lowest BCUT2D eigenvalue weighted by Crippen LogP contribution is -2.27. The number of carbonyl (C=O) groups is 1. The highest BCUT2D eigenvalue weighted by atomic mass is 32.1. The van der Waals surface area contributed by atoms with E-state index in [1.165, 1.54) is 0 Å². The van der Waals surface area contributed by atoms with Crippen molar-refractivity contribution >= 4 is 17.2 Å². The zero-order valence-electron chi connectivity index (χ0n) is 11.6. The van der Waals surface area contributed by atoms with Crippen LogP contribution in [0.2, 0.25) is 0 Å². The molecule has 102 valence electrons. The number of rotatable bonds is 4. The summed E-state index contributed by atoms with van der Waals surface area (Å²) in [5.41, 5.74) is 2.22. The van der Waals surface area contributed by atoms with Gasteiger partial charge in [0.05, 0.1) is 21.3 Å². The van der Waals surface area contributed by atoms with Crippen molar-refractivity contribution in [1.82, 2.24) is 20.5 Å². The van der Waals surface area contributed by atoms with Crippen molar-refractivity contribution in [3.63, 3.8) is 0 Å². The summed E-state index contributed by atoms with van der Waals surface area (Å²) in [6.07, 6.45) is 0. The lowest BCUT2D eigenvalue weighted by molar-refractivity contribution is 0.0944. The fourth-order valence-electron chi connectivity index (χ4n) is 1.72. The number of aryl methyl sites for hydroxylation is 2. The van der Waals surface area contributed by atoms with Crippen LogP contribution in [-0.4, -0.2) is 27.6 Å². The second-order valence-electron chi connectivity index (χ2n) is 4.92. The lowest BCUT2D eigenvalue weighted by Gasteiger charge is -2.04. The summed E-state index contributed by atoms with van der Waals surface area (Å²) in [5, 5.41) is 10.8. The van der Waals surface area contributed by atoms with Crippen molar-refractivity contribution in [2.75, 3.05) is 6.54 Å². The van der Waals surface area contributed by atoms with Crippen molar-refractivity contribution in [3.8, 4) is 10.6 Å². The summed E-state index contributed by atoms with van der Waals surface area (Å²) in [5.74, 6) is 0.281. The molecule has 0 aromatic carbocycles. The van der Waals surface area contributed by atoms with E-state index < -0.39 is 0 Å². The van der Waals surface area contributed by atoms with E-state index in [2.05, 4.69) is 34.3 Å². The first-order valence-corrected chi connectivity index (χ1v) is 7.07. The van der Waals surface area contributed by atoms with E-state index in [-0.39, 0.29) is 5.91 Å². The third-order valence-corrected chi connectivity index (χ3v) is 3.74. The van der Waals surface area contributed by atoms with E-state index in [1.54, 1.807) is 17.4 Å². The first-order valence-electron chi connectivity index (χ1n) is 6.25. The predicted octanol–water partition coefficient (Wildman–Crippen LogP) is 2.54. The van der Waals surface area contributed by atoms with Crippen LogP contribution in [0.3, 0.4) is 0 Å². The quantitative estimate of drug-likeness (QED) is 0.903. The third kappa shape index (κ3) is 3.20. The highest BCUT2D eigenvalue weighted by Crippen LogP contribution is 2.28. The fourth-order valence-corrected chi connectivity index (χ4v) is 2.61. The number of amides is 1. The van der Waals surface area contributed by atoms with Gasteiger partial charge in [0.2, 0.25) is 0 Å². The molecule has 0 bridgehead atoms. The zero-order valence-corrected chi connectivity index (χ0v) is 12.4. The maximum absolute atomic E-state index is 11.9. The third-order valence-electron chi connectivity index (χ3n) is 2.63. The summed E-state index contributed by atoms with van der Waals surface area (Å²) in [4.78, 5) is 17.3. The molecule has 0 atom stereocenters. The molecule has 19 heavy (non-hydrogen) atoms. The van der Waals surface area contributed by atoms with Crippen LogP contribution < -0.4 is 5.32 Å². The smallest absolute Gasteiger partial charge is 0.271 e. The minimum atomic E-state index is -0.143. The molecule has 1 amide bonds. The van der Waals surface area contributed by atoms with Gasteiger partial charge >= 0.3 is 0 Å². The van der Waals surface area contributed by atoms with Gasteiger partial charge in [-0.05, 0) is 25.8 Å². The van der Waals surface area contributed by atoms with Gasteiger partial charge < -0.3 is 5.32 Å². The topological polar surface area (TPSA) is 70.7 Å². The number of nitrogens with one attached hydrogen (secondary N) is 2. The van der Waals surface area contributed by atoms with Crippen LogP contribution in [0, 0.1) is 19.8 Å². The van der Waals surface area contributed by atoms with Crippen LogP contribution in [0.1, 0.15) is 35.0 Å². The Bertz CT molecular complexity index is 585. The van der Waals surface area contributed by atoms with Gasteiger partial charge in [-0.1, -0.05) is 13.8 Å². The molecule has 0 saturated heterocycles. The van der Waals surface area contributed by atoms with Crippen molar-refractivity contribution < 1.29 is 4.79 Å². The Morgan fingerprint density at radius 2 is 2.21 bits per heavy atom. The molecule has 2 N–H and O–H groups in total. The van der Waals surface area contributed by atoms with Crippen LogP contribution in [0.4, 0.5) is 0 Å². The van der Waals surface area contributed by atoms with Crippen molar-refractivity contribution in [2.24, 2.45) is 5.92 Å². The first kappa shape index (κ1) is 13.7. The van der Waals surface area contributed by atoms with Crippen LogP contribution in [0.25, 0.3) is 10.6 Å². The molecule has 2 aromatic rings. The Hall–Kier alpha value is -1.69. The number of hydrogen-bond acceptors (Lipinski definition) is 4. The van der Waals surface area contributed by atoms with Gasteiger partial charge in [0, 0.05) is 6.54 Å². The maximum Gasteiger partial charge on any atom is 0.271 e. The van der Waals surface area contributed by atoms with Crippen LogP contribution in [-0.2, 0) is 0 Å². The summed E-state index contributed by atoms with van der Waals surface area (Å²) in [7, 11) is 0. The van der Waals surface area contributed by atoms with Gasteiger partial charge in [-0.25, -0.2) is 4.98 Å². The summed E-state index contributed by atoms with van der Waals surface area (Å²) < 4.78 is 0. The van der Waals surface area contributed by atoms with Gasteiger partial charge in [-0.3, -0.25) is 9.89 Å². The molecular weight excluding hydrogens is 260 g/mol. The van der Waals surface area contributed by atoms with Crippen LogP contribution in [0.5, 0.6) is 0 Å². The summed E-state index contributed by atoms with van der Waals surface area (Å²) in [6, 6.07) is 1.77. The highest BCUT2D eigenvalue weighted by Gasteiger charge is 2.14. The average molecular weight is 278 g/mol. The monoisotopic (exact) mass is 278 g/mol. The highest BCUT2D eigenvalue weighted by molar-refractivity contribution is 7.15. The normalized spacial score (nSPS) is 11.0. The molecule has 0 saturated carbocycles. The molecule has 2 aromatic heterocycles. The second kappa shape index (κ2) is 5.52. The molecule has 0 aliphatic carbocycles. The van der Waals surface area contributed by atoms with Crippen molar-refractivity contribution in [2.45, 2.75) is 27.7 Å². The molecule has 0 aliphatic heterocycles. The summed E-state index contributed by atoms with van der Waals surface area (Å²) >= 11 is 1.60. The van der Waals surface area contributed by atoms with Gasteiger partial charge in [0.15, 0.2) is 5.69 Å². The summed E-state index contributed by atoms with van der Waals surface area (Å²) in [6.45, 7) is 8.69. The number of carbonyl (C=O) groups excluding carboxylic acids is 1. The van der Waals surface area contributed by atoms with E-state index in [0.29, 0.717) is 18.2 Å². The lowest BCUT2D eigenvalue weighted by atomic mass is 10.2. The Morgan fingerprint density at radius 3 is 2.79 bits per heavy atom. The number of aromatic nitrogens is 3. The van der Waals surface area contributed by atoms with Crippen molar-refractivity contribution in [3.05, 3.63) is 22.5 Å². The molecule has 2 heterocycles. The standard InChI is InChI=1S/C13H18N4OS/c1-7(2)6-14-13(18)11-5-10(16-17-11)12-8(3)15-9(4)19-12/h5,7H,6H2,1-4H3,(H,14,18)(H,16,17). The van der Waals surface area contributed by atoms with Gasteiger partial charge in [0.1, 0.15) is 0 Å². The van der Waals surface area contributed by atoms with E-state index in [1.807, 2.05) is 13.8 Å². The van der Waals surface area contributed by atoms with E-state index in [0.717, 1.165) is 21.3 Å². The van der Waals surface area contributed by atoms with E-state index >= 15 is 0 Å². The minimum absolute atomic E-state index is 0.143. The Labute approximate surface area is 116 Å². The van der Waals surface area contributed by atoms with Gasteiger partial charge in [-0.15, -0.1) is 11.3 Å². The molecule has 0 fully saturated rings. The Balaban J connectivity index is 2.15. The van der Waals surface area contributed by atoms with E-state index in [4.69, 9.17) is 0 Å². The molecule has 6 heteroatoms. The van der Waals surface area contributed by atoms with Crippen molar-refractivity contribution in [1.29, 1.82) is 0 Å². The number of nitrogens with zero attached hydrogens (tertiary/aromatic N) is 2. The molecule has 0 radical (unpaired) electrons. The average Bonchev–Trinajstić information content (AvgIpc) is 2.92. The Morgan fingerprint density at radius 1 is 1.47 bits per heavy atom. The fraction of sp³-hybridized carbons (Fsp3) is 0.462. The number of thiazole rings is 1. The maximum atomic E-state index is 11.9. The number of aromatic amines is 1. The SMILES string of the molecule is Cc1nc(C)c(-c2cc(C(=O)NCC(C)C)n[nH]2)s1. The molecular formula is C13H18N4OS. The molecule has 0 unspecified atom stereocenters. The molecule has 0 aliphatic rings. The largest absolute Gasteiger partial charge is 0.350 e. The Kier molecular flexibility index (Phi) is 3.99. The second-order valence-corrected chi connectivity index (χ2v) is 6.12.